The van der Waals surface area contributed by atoms with Crippen LogP contribution in [0, 0.1) is 0 Å². The van der Waals surface area contributed by atoms with Crippen LogP contribution in [0.3, 0.4) is 0 Å². The zero-order valence-electron chi connectivity index (χ0n) is 12.3. The van der Waals surface area contributed by atoms with Crippen LogP contribution in [0.15, 0.2) is 39.5 Å². The number of benzene rings is 2. The number of rotatable bonds is 3. The van der Waals surface area contributed by atoms with Gasteiger partial charge in [-0.1, -0.05) is 38.5 Å². The molecular weight excluding hydrogens is 264 g/mol. The van der Waals surface area contributed by atoms with Crippen LogP contribution in [0.4, 0.5) is 0 Å². The summed E-state index contributed by atoms with van der Waals surface area (Å²) in [5, 5.41) is 12.5. The van der Waals surface area contributed by atoms with Crippen LogP contribution in [0.25, 0.3) is 21.7 Å². The van der Waals surface area contributed by atoms with Gasteiger partial charge in [0.05, 0.1) is 0 Å². The molecule has 0 aliphatic carbocycles. The highest BCUT2D eigenvalue weighted by atomic mass is 16.4. The largest absolute Gasteiger partial charge is 0.507 e. The minimum atomic E-state index is -0.473. The summed E-state index contributed by atoms with van der Waals surface area (Å²) < 4.78 is 5.34. The highest BCUT2D eigenvalue weighted by molar-refractivity contribution is 6.07. The summed E-state index contributed by atoms with van der Waals surface area (Å²) in [5.41, 5.74) is 2.05. The fourth-order valence-electron chi connectivity index (χ4n) is 3.00. The van der Waals surface area contributed by atoms with E-state index in [1.165, 1.54) is 0 Å². The molecule has 1 heterocycles. The molecular formula is C18H18O3. The molecule has 0 aliphatic rings. The molecule has 1 aromatic heterocycles. The van der Waals surface area contributed by atoms with Crippen molar-refractivity contribution in [2.45, 2.75) is 33.1 Å². The van der Waals surface area contributed by atoms with E-state index in [0.29, 0.717) is 17.4 Å². The van der Waals surface area contributed by atoms with Crippen molar-refractivity contribution >= 4 is 21.7 Å². The summed E-state index contributed by atoms with van der Waals surface area (Å²) in [6, 6.07) is 9.48. The number of fused-ring (bicyclic) bond motifs is 3. The van der Waals surface area contributed by atoms with Crippen molar-refractivity contribution in [1.29, 1.82) is 0 Å². The third-order valence-corrected chi connectivity index (χ3v) is 3.96. The second-order valence-corrected chi connectivity index (χ2v) is 5.27. The van der Waals surface area contributed by atoms with Crippen molar-refractivity contribution in [2.75, 3.05) is 0 Å². The molecule has 0 saturated carbocycles. The van der Waals surface area contributed by atoms with E-state index in [9.17, 15) is 9.90 Å². The predicted molar refractivity (Wildman–Crippen MR) is 85.0 cm³/mol. The normalized spacial score (nSPS) is 11.3. The van der Waals surface area contributed by atoms with E-state index in [2.05, 4.69) is 6.92 Å². The molecule has 3 heteroatoms. The Morgan fingerprint density at radius 2 is 1.90 bits per heavy atom. The molecule has 0 unspecified atom stereocenters. The standard InChI is InChI=1S/C18H18O3/c1-3-7-11-10-14-13-8-5-6-9-15(13)21-18(20)16(14)17(19)12(11)4-2/h5-6,8-10,19H,3-4,7H2,1-2H3. The highest BCUT2D eigenvalue weighted by Crippen LogP contribution is 2.34. The van der Waals surface area contributed by atoms with Crippen molar-refractivity contribution in [3.8, 4) is 5.75 Å². The fraction of sp³-hybridized carbons (Fsp3) is 0.278. The van der Waals surface area contributed by atoms with Gasteiger partial charge in [0.1, 0.15) is 16.7 Å². The van der Waals surface area contributed by atoms with Gasteiger partial charge in [-0.25, -0.2) is 4.79 Å². The molecule has 0 radical (unpaired) electrons. The Hall–Kier alpha value is -2.29. The van der Waals surface area contributed by atoms with Gasteiger partial charge >= 0.3 is 5.63 Å². The zero-order chi connectivity index (χ0) is 15.0. The fourth-order valence-corrected chi connectivity index (χ4v) is 3.00. The summed E-state index contributed by atoms with van der Waals surface area (Å²) in [6.07, 6.45) is 2.59. The van der Waals surface area contributed by atoms with Gasteiger partial charge in [0.25, 0.3) is 0 Å². The van der Waals surface area contributed by atoms with E-state index in [0.717, 1.165) is 34.7 Å². The maximum Gasteiger partial charge on any atom is 0.347 e. The van der Waals surface area contributed by atoms with E-state index in [1.807, 2.05) is 31.2 Å². The minimum Gasteiger partial charge on any atom is -0.507 e. The quantitative estimate of drug-likeness (QED) is 0.579. The Balaban J connectivity index is 2.53. The van der Waals surface area contributed by atoms with Crippen molar-refractivity contribution in [1.82, 2.24) is 0 Å². The van der Waals surface area contributed by atoms with Crippen molar-refractivity contribution in [2.24, 2.45) is 0 Å². The molecule has 3 aromatic rings. The Kier molecular flexibility index (Phi) is 3.42. The van der Waals surface area contributed by atoms with Crippen LogP contribution in [-0.2, 0) is 12.8 Å². The molecule has 0 fully saturated rings. The molecule has 0 amide bonds. The number of hydrogen-bond donors (Lipinski definition) is 1. The number of para-hydroxylation sites is 1. The van der Waals surface area contributed by atoms with E-state index >= 15 is 0 Å². The Bertz CT molecular complexity index is 875. The minimum absolute atomic E-state index is 0.0814. The average Bonchev–Trinajstić information content (AvgIpc) is 2.47. The maximum absolute atomic E-state index is 12.2. The van der Waals surface area contributed by atoms with Crippen molar-refractivity contribution < 1.29 is 9.52 Å². The highest BCUT2D eigenvalue weighted by Gasteiger charge is 2.17. The lowest BCUT2D eigenvalue weighted by Gasteiger charge is -2.13. The third-order valence-electron chi connectivity index (χ3n) is 3.96. The third kappa shape index (κ3) is 2.09. The first-order chi connectivity index (χ1) is 10.2. The van der Waals surface area contributed by atoms with Gasteiger partial charge in [0, 0.05) is 10.8 Å². The summed E-state index contributed by atoms with van der Waals surface area (Å²) in [5.74, 6) is 0.0814. The van der Waals surface area contributed by atoms with Gasteiger partial charge < -0.3 is 9.52 Å². The smallest absolute Gasteiger partial charge is 0.347 e. The van der Waals surface area contributed by atoms with Crippen LogP contribution < -0.4 is 5.63 Å². The second kappa shape index (κ2) is 5.24. The molecule has 0 bridgehead atoms. The Labute approximate surface area is 122 Å². The van der Waals surface area contributed by atoms with Crippen molar-refractivity contribution in [3.05, 3.63) is 51.9 Å². The maximum atomic E-state index is 12.2. The number of phenolic OH excluding ortho intramolecular Hbond substituents is 1. The monoisotopic (exact) mass is 282 g/mol. The second-order valence-electron chi connectivity index (χ2n) is 5.27. The lowest BCUT2D eigenvalue weighted by Crippen LogP contribution is -2.04. The van der Waals surface area contributed by atoms with Gasteiger partial charge in [-0.2, -0.15) is 0 Å². The number of phenols is 1. The van der Waals surface area contributed by atoms with Crippen LogP contribution in [0.5, 0.6) is 5.75 Å². The molecule has 3 rings (SSSR count). The molecule has 108 valence electrons. The average molecular weight is 282 g/mol. The van der Waals surface area contributed by atoms with Gasteiger partial charge in [-0.15, -0.1) is 0 Å². The molecule has 21 heavy (non-hydrogen) atoms. The summed E-state index contributed by atoms with van der Waals surface area (Å²) in [7, 11) is 0. The van der Waals surface area contributed by atoms with Crippen LogP contribution in [-0.4, -0.2) is 5.11 Å². The molecule has 2 aromatic carbocycles. The summed E-state index contributed by atoms with van der Waals surface area (Å²) >= 11 is 0. The van der Waals surface area contributed by atoms with Gasteiger partial charge in [0.15, 0.2) is 0 Å². The van der Waals surface area contributed by atoms with Gasteiger partial charge in [-0.3, -0.25) is 0 Å². The number of aryl methyl sites for hydroxylation is 1. The molecule has 0 saturated heterocycles. The summed E-state index contributed by atoms with van der Waals surface area (Å²) in [4.78, 5) is 12.2. The van der Waals surface area contributed by atoms with E-state index < -0.39 is 5.63 Å². The van der Waals surface area contributed by atoms with Crippen LogP contribution >= 0.6 is 0 Å². The van der Waals surface area contributed by atoms with E-state index in [4.69, 9.17) is 4.42 Å². The van der Waals surface area contributed by atoms with E-state index in [-0.39, 0.29) is 5.75 Å². The van der Waals surface area contributed by atoms with Gasteiger partial charge in [0.2, 0.25) is 0 Å². The Morgan fingerprint density at radius 3 is 2.62 bits per heavy atom. The Morgan fingerprint density at radius 1 is 1.14 bits per heavy atom. The first kappa shape index (κ1) is 13.7. The predicted octanol–water partition coefficient (Wildman–Crippen LogP) is 4.17. The molecule has 0 aliphatic heterocycles. The summed E-state index contributed by atoms with van der Waals surface area (Å²) in [6.45, 7) is 4.10. The first-order valence-corrected chi connectivity index (χ1v) is 7.36. The molecule has 3 nitrogen and oxygen atoms in total. The van der Waals surface area contributed by atoms with Crippen LogP contribution in [0.1, 0.15) is 31.4 Å². The van der Waals surface area contributed by atoms with Crippen molar-refractivity contribution in [3.63, 3.8) is 0 Å². The lowest BCUT2D eigenvalue weighted by atomic mass is 9.94. The van der Waals surface area contributed by atoms with Gasteiger partial charge in [-0.05, 0) is 36.1 Å². The molecule has 1 N–H and O–H groups in total. The molecule has 0 spiro atoms. The number of hydrogen-bond acceptors (Lipinski definition) is 3. The lowest BCUT2D eigenvalue weighted by molar-refractivity contribution is 0.470. The van der Waals surface area contributed by atoms with Crippen LogP contribution in [0.2, 0.25) is 0 Å². The topological polar surface area (TPSA) is 50.4 Å². The number of aromatic hydroxyl groups is 1. The molecule has 0 atom stereocenters. The van der Waals surface area contributed by atoms with E-state index in [1.54, 1.807) is 6.07 Å². The first-order valence-electron chi connectivity index (χ1n) is 7.36. The SMILES string of the molecule is CCCc1cc2c(c(O)c1CC)c(=O)oc1ccccc12. The zero-order valence-corrected chi connectivity index (χ0v) is 12.3.